The lowest BCUT2D eigenvalue weighted by Gasteiger charge is -2.25. The summed E-state index contributed by atoms with van der Waals surface area (Å²) in [4.78, 5) is 22.1. The van der Waals surface area contributed by atoms with Gasteiger partial charge in [0.25, 0.3) is 5.69 Å². The molecule has 0 aliphatic carbocycles. The maximum absolute atomic E-state index is 11.6. The summed E-state index contributed by atoms with van der Waals surface area (Å²) in [5.74, 6) is -1.02. The highest BCUT2D eigenvalue weighted by molar-refractivity contribution is 5.82. The molecule has 0 aromatic heterocycles. The number of carboxylic acid groups (broad SMARTS) is 1. The lowest BCUT2D eigenvalue weighted by atomic mass is 9.77. The third-order valence-corrected chi connectivity index (χ3v) is 3.45. The van der Waals surface area contributed by atoms with Crippen molar-refractivity contribution >= 4 is 11.7 Å². The molecule has 1 aromatic rings. The van der Waals surface area contributed by atoms with Crippen molar-refractivity contribution in [2.75, 3.05) is 0 Å². The van der Waals surface area contributed by atoms with E-state index in [0.29, 0.717) is 6.42 Å². The second-order valence-corrected chi connectivity index (χ2v) is 4.87. The van der Waals surface area contributed by atoms with E-state index in [9.17, 15) is 20.0 Å². The number of hydrogen-bond donors (Lipinski definition) is 1. The minimum absolute atomic E-state index is 0.121. The average molecular weight is 265 g/mol. The summed E-state index contributed by atoms with van der Waals surface area (Å²) >= 11 is 0. The molecule has 1 N–H and O–H groups in total. The Morgan fingerprint density at radius 3 is 2.53 bits per heavy atom. The van der Waals surface area contributed by atoms with Crippen LogP contribution in [0, 0.1) is 10.1 Å². The van der Waals surface area contributed by atoms with Crippen molar-refractivity contribution in [2.45, 2.75) is 44.9 Å². The molecule has 0 aliphatic rings. The molecule has 0 heterocycles. The minimum Gasteiger partial charge on any atom is -0.481 e. The molecule has 0 saturated carbocycles. The Kier molecular flexibility index (Phi) is 5.03. The Labute approximate surface area is 112 Å². The molecule has 19 heavy (non-hydrogen) atoms. The zero-order valence-electron chi connectivity index (χ0n) is 11.3. The van der Waals surface area contributed by atoms with Crippen LogP contribution in [0.2, 0.25) is 0 Å². The molecule has 0 spiro atoms. The number of nitrogens with zero attached hydrogens (tertiary/aromatic N) is 1. The van der Waals surface area contributed by atoms with E-state index in [0.717, 1.165) is 19.3 Å². The lowest BCUT2D eigenvalue weighted by Crippen LogP contribution is -2.33. The number of rotatable bonds is 7. The van der Waals surface area contributed by atoms with Gasteiger partial charge in [-0.05, 0) is 13.3 Å². The number of nitro groups is 1. The zero-order valence-corrected chi connectivity index (χ0v) is 11.3. The van der Waals surface area contributed by atoms with E-state index in [4.69, 9.17) is 0 Å². The highest BCUT2D eigenvalue weighted by Crippen LogP contribution is 2.36. The molecule has 5 heteroatoms. The fourth-order valence-electron chi connectivity index (χ4n) is 2.18. The fraction of sp³-hybridized carbons (Fsp3) is 0.500. The van der Waals surface area contributed by atoms with Crippen LogP contribution in [0.4, 0.5) is 5.69 Å². The van der Waals surface area contributed by atoms with Gasteiger partial charge in [0.15, 0.2) is 0 Å². The first-order valence-electron chi connectivity index (χ1n) is 6.40. The molecular formula is C14H19NO4. The highest BCUT2D eigenvalue weighted by Gasteiger charge is 2.39. The Balaban J connectivity index is 3.19. The maximum Gasteiger partial charge on any atom is 0.314 e. The second-order valence-electron chi connectivity index (χ2n) is 4.87. The smallest absolute Gasteiger partial charge is 0.314 e. The maximum atomic E-state index is 11.6. The third-order valence-electron chi connectivity index (χ3n) is 3.45. The molecule has 0 fully saturated rings. The van der Waals surface area contributed by atoms with Gasteiger partial charge in [0.05, 0.1) is 10.3 Å². The molecule has 0 aliphatic heterocycles. The Bertz CT molecular complexity index is 472. The number of aliphatic carboxylic acids is 1. The summed E-state index contributed by atoms with van der Waals surface area (Å²) in [6.07, 6.45) is 3.04. The summed E-state index contributed by atoms with van der Waals surface area (Å²) in [5.41, 5.74) is -1.05. The largest absolute Gasteiger partial charge is 0.481 e. The van der Waals surface area contributed by atoms with Crippen LogP contribution in [-0.4, -0.2) is 16.0 Å². The van der Waals surface area contributed by atoms with Gasteiger partial charge in [-0.15, -0.1) is 0 Å². The molecule has 5 nitrogen and oxygen atoms in total. The second kappa shape index (κ2) is 6.31. The minimum atomic E-state index is -1.21. The summed E-state index contributed by atoms with van der Waals surface area (Å²) < 4.78 is 0. The number of benzene rings is 1. The lowest BCUT2D eigenvalue weighted by molar-refractivity contribution is -0.386. The van der Waals surface area contributed by atoms with Crippen molar-refractivity contribution in [1.82, 2.24) is 0 Å². The standard InChI is InChI=1S/C14H19NO4/c1-3-4-7-10-14(2,13(16)17)11-8-5-6-9-12(11)15(18)19/h5-6,8-9H,3-4,7,10H2,1-2H3,(H,16,17). The van der Waals surface area contributed by atoms with E-state index in [1.165, 1.54) is 12.1 Å². The topological polar surface area (TPSA) is 80.4 Å². The molecule has 1 atom stereocenters. The van der Waals surface area contributed by atoms with E-state index in [-0.39, 0.29) is 11.3 Å². The van der Waals surface area contributed by atoms with Gasteiger partial charge >= 0.3 is 5.97 Å². The van der Waals surface area contributed by atoms with Crippen LogP contribution in [0.5, 0.6) is 0 Å². The van der Waals surface area contributed by atoms with Crippen LogP contribution in [0.25, 0.3) is 0 Å². The molecular weight excluding hydrogens is 246 g/mol. The first-order chi connectivity index (χ1) is 8.93. The number of nitro benzene ring substituents is 1. The SMILES string of the molecule is CCCCCC(C)(C(=O)O)c1ccccc1[N+](=O)[O-]. The molecule has 1 unspecified atom stereocenters. The molecule has 104 valence electrons. The van der Waals surface area contributed by atoms with Gasteiger partial charge in [0.1, 0.15) is 0 Å². The van der Waals surface area contributed by atoms with Gasteiger partial charge < -0.3 is 5.11 Å². The van der Waals surface area contributed by atoms with Gasteiger partial charge in [-0.3, -0.25) is 14.9 Å². The van der Waals surface area contributed by atoms with Crippen LogP contribution in [0.3, 0.4) is 0 Å². The molecule has 1 rings (SSSR count). The number of unbranched alkanes of at least 4 members (excludes halogenated alkanes) is 2. The quantitative estimate of drug-likeness (QED) is 0.464. The monoisotopic (exact) mass is 265 g/mol. The summed E-state index contributed by atoms with van der Waals surface area (Å²) in [7, 11) is 0. The number of carboxylic acids is 1. The Morgan fingerprint density at radius 1 is 1.37 bits per heavy atom. The van der Waals surface area contributed by atoms with Crippen LogP contribution in [0.15, 0.2) is 24.3 Å². The van der Waals surface area contributed by atoms with Gasteiger partial charge in [0.2, 0.25) is 0 Å². The summed E-state index contributed by atoms with van der Waals surface area (Å²) in [6.45, 7) is 3.59. The predicted molar refractivity (Wildman–Crippen MR) is 72.2 cm³/mol. The number of para-hydroxylation sites is 1. The Morgan fingerprint density at radius 2 is 2.00 bits per heavy atom. The molecule has 0 bridgehead atoms. The van der Waals surface area contributed by atoms with E-state index >= 15 is 0 Å². The van der Waals surface area contributed by atoms with Crippen LogP contribution in [0.1, 0.15) is 45.1 Å². The van der Waals surface area contributed by atoms with Crippen molar-refractivity contribution in [3.05, 3.63) is 39.9 Å². The van der Waals surface area contributed by atoms with Crippen molar-refractivity contribution < 1.29 is 14.8 Å². The van der Waals surface area contributed by atoms with Crippen LogP contribution < -0.4 is 0 Å². The summed E-state index contributed by atoms with van der Waals surface area (Å²) in [6, 6.07) is 6.09. The number of hydrogen-bond acceptors (Lipinski definition) is 3. The van der Waals surface area contributed by atoms with E-state index in [2.05, 4.69) is 0 Å². The molecule has 0 saturated heterocycles. The first kappa shape index (κ1) is 15.1. The van der Waals surface area contributed by atoms with E-state index < -0.39 is 16.3 Å². The van der Waals surface area contributed by atoms with Gasteiger partial charge in [-0.2, -0.15) is 0 Å². The van der Waals surface area contributed by atoms with E-state index in [1.54, 1.807) is 19.1 Å². The van der Waals surface area contributed by atoms with Crippen molar-refractivity contribution in [3.8, 4) is 0 Å². The van der Waals surface area contributed by atoms with Gasteiger partial charge in [-0.25, -0.2) is 0 Å². The highest BCUT2D eigenvalue weighted by atomic mass is 16.6. The first-order valence-corrected chi connectivity index (χ1v) is 6.40. The molecule has 0 radical (unpaired) electrons. The normalized spacial score (nSPS) is 13.8. The summed E-state index contributed by atoms with van der Waals surface area (Å²) in [5, 5.41) is 20.5. The van der Waals surface area contributed by atoms with Crippen molar-refractivity contribution in [3.63, 3.8) is 0 Å². The van der Waals surface area contributed by atoms with Gasteiger partial charge in [-0.1, -0.05) is 44.4 Å². The fourth-order valence-corrected chi connectivity index (χ4v) is 2.18. The Hall–Kier alpha value is -1.91. The zero-order chi connectivity index (χ0) is 14.5. The molecule has 1 aromatic carbocycles. The number of carbonyl (C=O) groups is 1. The predicted octanol–water partition coefficient (Wildman–Crippen LogP) is 3.52. The van der Waals surface area contributed by atoms with Crippen molar-refractivity contribution in [2.24, 2.45) is 0 Å². The van der Waals surface area contributed by atoms with Crippen LogP contribution in [-0.2, 0) is 10.2 Å². The van der Waals surface area contributed by atoms with Crippen molar-refractivity contribution in [1.29, 1.82) is 0 Å². The molecule has 0 amide bonds. The van der Waals surface area contributed by atoms with Crippen LogP contribution >= 0.6 is 0 Å². The third kappa shape index (κ3) is 3.30. The van der Waals surface area contributed by atoms with E-state index in [1.807, 2.05) is 6.92 Å². The van der Waals surface area contributed by atoms with Gasteiger partial charge in [0, 0.05) is 11.6 Å². The average Bonchev–Trinajstić information content (AvgIpc) is 2.38.